The van der Waals surface area contributed by atoms with Gasteiger partial charge in [0.15, 0.2) is 0 Å². The number of fused-ring (bicyclic) bond motifs is 2. The fourth-order valence-electron chi connectivity index (χ4n) is 2.99. The van der Waals surface area contributed by atoms with Crippen molar-refractivity contribution < 1.29 is 5.21 Å². The van der Waals surface area contributed by atoms with E-state index in [0.29, 0.717) is 0 Å². The van der Waals surface area contributed by atoms with Gasteiger partial charge in [0, 0.05) is 16.2 Å². The molecule has 2 aliphatic carbocycles. The highest BCUT2D eigenvalue weighted by Crippen LogP contribution is 2.69. The predicted molar refractivity (Wildman–Crippen MR) is 56.6 cm³/mol. The zero-order valence-electron chi connectivity index (χ0n) is 8.39. The van der Waals surface area contributed by atoms with Crippen LogP contribution < -0.4 is 0 Å². The molecule has 0 unspecified atom stereocenters. The van der Waals surface area contributed by atoms with Crippen molar-refractivity contribution in [3.63, 3.8) is 0 Å². The van der Waals surface area contributed by atoms with Crippen molar-refractivity contribution in [2.75, 3.05) is 0 Å². The summed E-state index contributed by atoms with van der Waals surface area (Å²) in [4.78, 5) is 0. The van der Waals surface area contributed by atoms with E-state index >= 15 is 0 Å². The Balaban J connectivity index is 2.55. The Morgan fingerprint density at radius 1 is 1.31 bits per heavy atom. The number of alkyl halides is 1. The van der Waals surface area contributed by atoms with Crippen LogP contribution in [0.15, 0.2) is 5.16 Å². The van der Waals surface area contributed by atoms with Crippen molar-refractivity contribution in [2.45, 2.75) is 44.4 Å². The number of rotatable bonds is 0. The molecule has 0 spiro atoms. The van der Waals surface area contributed by atoms with Gasteiger partial charge >= 0.3 is 0 Å². The van der Waals surface area contributed by atoms with Crippen LogP contribution in [-0.4, -0.2) is 15.2 Å². The van der Waals surface area contributed by atoms with Crippen molar-refractivity contribution >= 4 is 21.6 Å². The highest BCUT2D eigenvalue weighted by molar-refractivity contribution is 9.10. The van der Waals surface area contributed by atoms with Crippen molar-refractivity contribution in [1.82, 2.24) is 0 Å². The van der Waals surface area contributed by atoms with E-state index in [4.69, 9.17) is 5.21 Å². The van der Waals surface area contributed by atoms with E-state index < -0.39 is 0 Å². The van der Waals surface area contributed by atoms with Crippen molar-refractivity contribution in [3.05, 3.63) is 0 Å². The molecule has 2 nitrogen and oxygen atoms in total. The van der Waals surface area contributed by atoms with Crippen LogP contribution in [0.3, 0.4) is 0 Å². The number of halogens is 1. The fourth-order valence-corrected chi connectivity index (χ4v) is 3.89. The van der Waals surface area contributed by atoms with E-state index in [0.717, 1.165) is 18.6 Å². The summed E-state index contributed by atoms with van der Waals surface area (Å²) >= 11 is 3.83. The molecule has 0 aliphatic heterocycles. The van der Waals surface area contributed by atoms with Crippen molar-refractivity contribution in [2.24, 2.45) is 16.0 Å². The molecular formula is C10H16BrNO. The van der Waals surface area contributed by atoms with Gasteiger partial charge in [0.2, 0.25) is 0 Å². The topological polar surface area (TPSA) is 32.6 Å². The second-order valence-electron chi connectivity index (χ2n) is 5.15. The molecule has 1 N–H and O–H groups in total. The Labute approximate surface area is 87.5 Å². The first-order chi connectivity index (χ1) is 5.87. The van der Waals surface area contributed by atoms with Gasteiger partial charge in [0.1, 0.15) is 0 Å². The summed E-state index contributed by atoms with van der Waals surface area (Å²) in [5.41, 5.74) is 1.26. The third kappa shape index (κ3) is 0.821. The smallest absolute Gasteiger partial charge is 0.0649 e. The minimum absolute atomic E-state index is 0.0885. The number of nitrogens with zero attached hydrogens (tertiary/aromatic N) is 1. The molecule has 2 aliphatic rings. The lowest BCUT2D eigenvalue weighted by Crippen LogP contribution is -2.36. The number of hydrogen-bond donors (Lipinski definition) is 1. The minimum Gasteiger partial charge on any atom is -0.411 e. The zero-order valence-corrected chi connectivity index (χ0v) is 9.98. The monoisotopic (exact) mass is 245 g/mol. The highest BCUT2D eigenvalue weighted by Gasteiger charge is 2.67. The van der Waals surface area contributed by atoms with Crippen LogP contribution in [0.2, 0.25) is 0 Å². The summed E-state index contributed by atoms with van der Waals surface area (Å²) < 4.78 is 0.163. The molecule has 2 saturated carbocycles. The first-order valence-electron chi connectivity index (χ1n) is 4.78. The Morgan fingerprint density at radius 2 is 1.92 bits per heavy atom. The molecule has 0 aromatic carbocycles. The Morgan fingerprint density at radius 3 is 2.15 bits per heavy atom. The van der Waals surface area contributed by atoms with Gasteiger partial charge in [-0.1, -0.05) is 41.9 Å². The largest absolute Gasteiger partial charge is 0.411 e. The van der Waals surface area contributed by atoms with E-state index in [-0.39, 0.29) is 15.2 Å². The molecule has 0 radical (unpaired) electrons. The van der Waals surface area contributed by atoms with E-state index in [1.54, 1.807) is 0 Å². The second-order valence-corrected chi connectivity index (χ2v) is 6.66. The van der Waals surface area contributed by atoms with Crippen LogP contribution in [0.5, 0.6) is 0 Å². The van der Waals surface area contributed by atoms with Gasteiger partial charge in [0.05, 0.1) is 5.71 Å². The van der Waals surface area contributed by atoms with Gasteiger partial charge in [-0.3, -0.25) is 0 Å². The quantitative estimate of drug-likeness (QED) is 0.397. The lowest BCUT2D eigenvalue weighted by molar-refractivity contribution is 0.210. The molecule has 74 valence electrons. The van der Waals surface area contributed by atoms with E-state index in [9.17, 15) is 0 Å². The molecule has 0 aromatic heterocycles. The van der Waals surface area contributed by atoms with Gasteiger partial charge in [-0.25, -0.2) is 0 Å². The second kappa shape index (κ2) is 2.30. The molecule has 13 heavy (non-hydrogen) atoms. The molecule has 3 heteroatoms. The predicted octanol–water partition coefficient (Wildman–Crippen LogP) is 3.18. The maximum atomic E-state index is 8.97. The summed E-state index contributed by atoms with van der Waals surface area (Å²) in [6, 6.07) is 0. The highest BCUT2D eigenvalue weighted by atomic mass is 79.9. The van der Waals surface area contributed by atoms with Gasteiger partial charge < -0.3 is 5.21 Å². The van der Waals surface area contributed by atoms with Crippen LogP contribution >= 0.6 is 15.9 Å². The number of oxime groups is 1. The minimum atomic E-state index is 0.0885. The molecule has 2 atom stereocenters. The van der Waals surface area contributed by atoms with Gasteiger partial charge in [-0.05, 0) is 18.3 Å². The Kier molecular flexibility index (Phi) is 1.68. The summed E-state index contributed by atoms with van der Waals surface area (Å²) in [6.07, 6.45) is 3.22. The van der Waals surface area contributed by atoms with E-state index in [1.807, 2.05) is 0 Å². The molecule has 2 bridgehead atoms. The standard InChI is InChI=1S/C10H16BrNO/c1-8(2)9(3)4-5-10(8,11)6-7(9)12-13/h13H,4-6H2,1-3H3/b12-7-/t9-,10+/m0/s1. The molecular weight excluding hydrogens is 230 g/mol. The number of hydrogen-bond acceptors (Lipinski definition) is 2. The Hall–Kier alpha value is -0.0500. The summed E-state index contributed by atoms with van der Waals surface area (Å²) in [5, 5.41) is 12.4. The van der Waals surface area contributed by atoms with Crippen LogP contribution in [0.4, 0.5) is 0 Å². The zero-order chi connectivity index (χ0) is 9.91. The summed E-state index contributed by atoms with van der Waals surface area (Å²) in [6.45, 7) is 6.76. The maximum absolute atomic E-state index is 8.97. The van der Waals surface area contributed by atoms with E-state index in [2.05, 4.69) is 41.9 Å². The van der Waals surface area contributed by atoms with E-state index in [1.165, 1.54) is 6.42 Å². The van der Waals surface area contributed by atoms with Crippen LogP contribution in [0.25, 0.3) is 0 Å². The first-order valence-corrected chi connectivity index (χ1v) is 5.57. The van der Waals surface area contributed by atoms with Crippen molar-refractivity contribution in [3.8, 4) is 0 Å². The van der Waals surface area contributed by atoms with Crippen molar-refractivity contribution in [1.29, 1.82) is 0 Å². The first kappa shape index (κ1) is 9.50. The van der Waals surface area contributed by atoms with Crippen LogP contribution in [-0.2, 0) is 0 Å². The molecule has 2 rings (SSSR count). The third-order valence-electron chi connectivity index (χ3n) is 4.73. The molecule has 2 fully saturated rings. The molecule has 0 heterocycles. The SMILES string of the molecule is CC1(C)[C@@]2(Br)CC[C@@]1(C)/C(=N\O)C2. The van der Waals surface area contributed by atoms with Crippen LogP contribution in [0, 0.1) is 10.8 Å². The average Bonchev–Trinajstić information content (AvgIpc) is 2.32. The fraction of sp³-hybridized carbons (Fsp3) is 0.900. The molecule has 0 amide bonds. The maximum Gasteiger partial charge on any atom is 0.0649 e. The summed E-state index contributed by atoms with van der Waals surface area (Å²) in [5.74, 6) is 0. The normalized spacial score (nSPS) is 50.3. The Bertz CT molecular complexity index is 287. The van der Waals surface area contributed by atoms with Gasteiger partial charge in [-0.15, -0.1) is 0 Å². The van der Waals surface area contributed by atoms with Gasteiger partial charge in [-0.2, -0.15) is 0 Å². The lowest BCUT2D eigenvalue weighted by atomic mass is 9.70. The third-order valence-corrected chi connectivity index (χ3v) is 6.39. The molecule has 0 saturated heterocycles. The van der Waals surface area contributed by atoms with Crippen LogP contribution in [0.1, 0.15) is 40.0 Å². The average molecular weight is 246 g/mol. The summed E-state index contributed by atoms with van der Waals surface area (Å²) in [7, 11) is 0. The lowest BCUT2D eigenvalue weighted by Gasteiger charge is -2.36. The van der Waals surface area contributed by atoms with Gasteiger partial charge in [0.25, 0.3) is 0 Å². The molecule has 0 aromatic rings.